The average molecular weight is 305 g/mol. The first-order chi connectivity index (χ1) is 10.1. The smallest absolute Gasteiger partial charge is 0.356 e. The van der Waals surface area contributed by atoms with Crippen LogP contribution in [-0.2, 0) is 11.2 Å². The molecule has 0 radical (unpaired) electrons. The van der Waals surface area contributed by atoms with Crippen molar-refractivity contribution < 1.29 is 14.7 Å². The summed E-state index contributed by atoms with van der Waals surface area (Å²) in [5.41, 5.74) is 0.886. The molecule has 6 heteroatoms. The van der Waals surface area contributed by atoms with Crippen LogP contribution >= 0.6 is 11.6 Å². The Balaban J connectivity index is 2.00. The maximum atomic E-state index is 11.9. The van der Waals surface area contributed by atoms with Crippen molar-refractivity contribution in [2.24, 2.45) is 0 Å². The number of carbonyl (C=O) groups is 2. The second kappa shape index (κ2) is 6.85. The number of hydrogen-bond donors (Lipinski definition) is 2. The van der Waals surface area contributed by atoms with Crippen molar-refractivity contribution in [3.63, 3.8) is 0 Å². The number of rotatable bonds is 5. The molecular weight excluding hydrogens is 292 g/mol. The highest BCUT2D eigenvalue weighted by molar-refractivity contribution is 6.31. The van der Waals surface area contributed by atoms with Crippen molar-refractivity contribution in [2.45, 2.75) is 12.8 Å². The minimum absolute atomic E-state index is 0.177. The van der Waals surface area contributed by atoms with E-state index < -0.39 is 5.97 Å². The van der Waals surface area contributed by atoms with Gasteiger partial charge >= 0.3 is 5.97 Å². The molecule has 0 bridgehead atoms. The quantitative estimate of drug-likeness (QED) is 0.890. The lowest BCUT2D eigenvalue weighted by molar-refractivity contribution is -0.116. The number of benzene rings is 1. The zero-order valence-corrected chi connectivity index (χ0v) is 11.8. The second-order valence-corrected chi connectivity index (χ2v) is 4.75. The highest BCUT2D eigenvalue weighted by Crippen LogP contribution is 2.17. The summed E-state index contributed by atoms with van der Waals surface area (Å²) >= 11 is 6.02. The zero-order valence-electron chi connectivity index (χ0n) is 11.0. The molecule has 2 aromatic rings. The topological polar surface area (TPSA) is 79.3 Å². The molecule has 0 atom stereocenters. The Kier molecular flexibility index (Phi) is 4.90. The van der Waals surface area contributed by atoms with Gasteiger partial charge in [-0.3, -0.25) is 4.79 Å². The average Bonchev–Trinajstić information content (AvgIpc) is 2.47. The summed E-state index contributed by atoms with van der Waals surface area (Å²) in [5, 5.41) is 12.2. The first kappa shape index (κ1) is 15.0. The molecule has 0 fully saturated rings. The van der Waals surface area contributed by atoms with Crippen LogP contribution in [0, 0.1) is 0 Å². The van der Waals surface area contributed by atoms with E-state index >= 15 is 0 Å². The normalized spacial score (nSPS) is 10.1. The standard InChI is InChI=1S/C15H13ClN2O3/c16-11-5-2-1-4-10(11)7-8-13(19)18-12-6-3-9-17-14(12)15(20)21/h1-6,9H,7-8H2,(H,18,19)(H,20,21). The molecule has 0 saturated heterocycles. The predicted octanol–water partition coefficient (Wildman–Crippen LogP) is 3.00. The lowest BCUT2D eigenvalue weighted by Crippen LogP contribution is -2.16. The van der Waals surface area contributed by atoms with E-state index in [1.807, 2.05) is 18.2 Å². The molecule has 1 aromatic carbocycles. The summed E-state index contributed by atoms with van der Waals surface area (Å²) in [5.74, 6) is -1.47. The van der Waals surface area contributed by atoms with Crippen molar-refractivity contribution >= 4 is 29.2 Å². The first-order valence-electron chi connectivity index (χ1n) is 6.29. The highest BCUT2D eigenvalue weighted by atomic mass is 35.5. The number of nitrogens with zero attached hydrogens (tertiary/aromatic N) is 1. The van der Waals surface area contributed by atoms with Gasteiger partial charge in [0.15, 0.2) is 5.69 Å². The van der Waals surface area contributed by atoms with Crippen LogP contribution in [0.1, 0.15) is 22.5 Å². The van der Waals surface area contributed by atoms with Crippen LogP contribution < -0.4 is 5.32 Å². The minimum Gasteiger partial charge on any atom is -0.476 e. The summed E-state index contributed by atoms with van der Waals surface area (Å²) < 4.78 is 0. The fraction of sp³-hybridized carbons (Fsp3) is 0.133. The molecule has 2 N–H and O–H groups in total. The summed E-state index contributed by atoms with van der Waals surface area (Å²) in [4.78, 5) is 26.6. The molecule has 0 aliphatic heterocycles. The highest BCUT2D eigenvalue weighted by Gasteiger charge is 2.13. The third kappa shape index (κ3) is 4.03. The van der Waals surface area contributed by atoms with Crippen molar-refractivity contribution in [3.05, 3.63) is 58.9 Å². The van der Waals surface area contributed by atoms with Gasteiger partial charge in [-0.1, -0.05) is 29.8 Å². The largest absolute Gasteiger partial charge is 0.476 e. The summed E-state index contributed by atoms with van der Waals surface area (Å²) in [6.07, 6.45) is 2.05. The Morgan fingerprint density at radius 1 is 1.19 bits per heavy atom. The van der Waals surface area contributed by atoms with Gasteiger partial charge in [-0.25, -0.2) is 9.78 Å². The van der Waals surface area contributed by atoms with Crippen LogP contribution in [0.4, 0.5) is 5.69 Å². The summed E-state index contributed by atoms with van der Waals surface area (Å²) in [7, 11) is 0. The fourth-order valence-electron chi connectivity index (χ4n) is 1.84. The number of amides is 1. The number of halogens is 1. The van der Waals surface area contributed by atoms with E-state index in [9.17, 15) is 9.59 Å². The van der Waals surface area contributed by atoms with E-state index in [4.69, 9.17) is 16.7 Å². The van der Waals surface area contributed by atoms with Gasteiger partial charge in [0.25, 0.3) is 0 Å². The second-order valence-electron chi connectivity index (χ2n) is 4.34. The fourth-order valence-corrected chi connectivity index (χ4v) is 2.07. The van der Waals surface area contributed by atoms with Gasteiger partial charge < -0.3 is 10.4 Å². The molecule has 0 aliphatic rings. The van der Waals surface area contributed by atoms with Crippen LogP contribution in [0.25, 0.3) is 0 Å². The van der Waals surface area contributed by atoms with Gasteiger partial charge in [0.05, 0.1) is 5.69 Å². The Bertz CT molecular complexity index is 673. The molecule has 0 aliphatic carbocycles. The molecule has 1 aromatic heterocycles. The predicted molar refractivity (Wildman–Crippen MR) is 79.6 cm³/mol. The number of pyridine rings is 1. The first-order valence-corrected chi connectivity index (χ1v) is 6.67. The van der Waals surface area contributed by atoms with Crippen molar-refractivity contribution in [1.82, 2.24) is 4.98 Å². The number of nitrogens with one attached hydrogen (secondary N) is 1. The Morgan fingerprint density at radius 2 is 1.95 bits per heavy atom. The van der Waals surface area contributed by atoms with Gasteiger partial charge in [-0.05, 0) is 30.2 Å². The maximum Gasteiger partial charge on any atom is 0.356 e. The van der Waals surface area contributed by atoms with Crippen LogP contribution in [0.2, 0.25) is 5.02 Å². The number of aromatic nitrogens is 1. The molecular formula is C15H13ClN2O3. The lowest BCUT2D eigenvalue weighted by Gasteiger charge is -2.08. The minimum atomic E-state index is -1.18. The van der Waals surface area contributed by atoms with Crippen molar-refractivity contribution in [2.75, 3.05) is 5.32 Å². The molecule has 21 heavy (non-hydrogen) atoms. The van der Waals surface area contributed by atoms with Gasteiger partial charge in [-0.15, -0.1) is 0 Å². The molecule has 108 valence electrons. The number of aromatic carboxylic acids is 1. The van der Waals surface area contributed by atoms with Crippen LogP contribution in [0.5, 0.6) is 0 Å². The van der Waals surface area contributed by atoms with E-state index in [2.05, 4.69) is 10.3 Å². The molecule has 2 rings (SSSR count). The third-order valence-electron chi connectivity index (χ3n) is 2.86. The van der Waals surface area contributed by atoms with E-state index in [0.717, 1.165) is 5.56 Å². The van der Waals surface area contributed by atoms with Crippen LogP contribution in [0.15, 0.2) is 42.6 Å². The Labute approximate surface area is 126 Å². The van der Waals surface area contributed by atoms with Crippen molar-refractivity contribution in [1.29, 1.82) is 0 Å². The van der Waals surface area contributed by atoms with E-state index in [-0.39, 0.29) is 23.7 Å². The molecule has 1 amide bonds. The third-order valence-corrected chi connectivity index (χ3v) is 3.23. The van der Waals surface area contributed by atoms with Gasteiger partial charge in [-0.2, -0.15) is 0 Å². The van der Waals surface area contributed by atoms with Crippen LogP contribution in [0.3, 0.4) is 0 Å². The number of carboxylic acid groups (broad SMARTS) is 1. The SMILES string of the molecule is O=C(CCc1ccccc1Cl)Nc1cccnc1C(=O)O. The van der Waals surface area contributed by atoms with E-state index in [1.165, 1.54) is 12.3 Å². The number of hydrogen-bond acceptors (Lipinski definition) is 3. The van der Waals surface area contributed by atoms with Gasteiger partial charge in [0, 0.05) is 17.6 Å². The molecule has 0 unspecified atom stereocenters. The molecule has 5 nitrogen and oxygen atoms in total. The molecule has 1 heterocycles. The van der Waals surface area contributed by atoms with Gasteiger partial charge in [0.1, 0.15) is 0 Å². The van der Waals surface area contributed by atoms with E-state index in [0.29, 0.717) is 11.4 Å². The van der Waals surface area contributed by atoms with Crippen molar-refractivity contribution in [3.8, 4) is 0 Å². The number of anilines is 1. The zero-order chi connectivity index (χ0) is 15.2. The summed E-state index contributed by atoms with van der Waals surface area (Å²) in [6, 6.07) is 10.4. The number of aryl methyl sites for hydroxylation is 1. The van der Waals surface area contributed by atoms with Crippen LogP contribution in [-0.4, -0.2) is 22.0 Å². The Hall–Kier alpha value is -2.40. The Morgan fingerprint density at radius 3 is 2.67 bits per heavy atom. The maximum absolute atomic E-state index is 11.9. The van der Waals surface area contributed by atoms with E-state index in [1.54, 1.807) is 12.1 Å². The number of carbonyl (C=O) groups excluding carboxylic acids is 1. The van der Waals surface area contributed by atoms with Gasteiger partial charge in [0.2, 0.25) is 5.91 Å². The number of carboxylic acids is 1. The molecule has 0 spiro atoms. The summed E-state index contributed by atoms with van der Waals surface area (Å²) in [6.45, 7) is 0. The monoisotopic (exact) mass is 304 g/mol. The lowest BCUT2D eigenvalue weighted by atomic mass is 10.1. The molecule has 0 saturated carbocycles.